The van der Waals surface area contributed by atoms with Crippen LogP contribution in [0.1, 0.15) is 22.3 Å². The number of aromatic nitrogens is 1. The van der Waals surface area contributed by atoms with E-state index in [2.05, 4.69) is 6.07 Å². The minimum absolute atomic E-state index is 0.0299. The highest BCUT2D eigenvalue weighted by Gasteiger charge is 2.21. The van der Waals surface area contributed by atoms with Gasteiger partial charge in [0.05, 0.1) is 23.2 Å². The fraction of sp³-hybridized carbons (Fsp3) is 0.167. The van der Waals surface area contributed by atoms with Gasteiger partial charge in [-0.15, -0.1) is 0 Å². The third-order valence-electron chi connectivity index (χ3n) is 4.89. The van der Waals surface area contributed by atoms with Gasteiger partial charge in [0.1, 0.15) is 0 Å². The van der Waals surface area contributed by atoms with Crippen molar-refractivity contribution in [3.05, 3.63) is 94.0 Å². The maximum Gasteiger partial charge on any atom is 0.233 e. The van der Waals surface area contributed by atoms with Crippen molar-refractivity contribution >= 4 is 44.2 Å². The quantitative estimate of drug-likeness (QED) is 0.377. The molecule has 1 amide bonds. The van der Waals surface area contributed by atoms with E-state index >= 15 is 0 Å². The smallest absolute Gasteiger partial charge is 0.233 e. The average molecular weight is 421 g/mol. The van der Waals surface area contributed by atoms with Crippen molar-refractivity contribution in [2.24, 2.45) is 0 Å². The number of carbonyl (C=O) groups is 1. The van der Waals surface area contributed by atoms with Crippen LogP contribution in [-0.2, 0) is 17.8 Å². The summed E-state index contributed by atoms with van der Waals surface area (Å²) < 4.78 is 1.03. The van der Waals surface area contributed by atoms with Crippen molar-refractivity contribution in [3.8, 4) is 0 Å². The molecule has 0 fully saturated rings. The Kier molecular flexibility index (Phi) is 5.65. The number of halogens is 1. The van der Waals surface area contributed by atoms with Gasteiger partial charge in [0.25, 0.3) is 0 Å². The number of hydrogen-bond acceptors (Lipinski definition) is 3. The number of rotatable bonds is 5. The first kappa shape index (κ1) is 19.6. The van der Waals surface area contributed by atoms with Crippen molar-refractivity contribution in [1.82, 2.24) is 4.98 Å². The van der Waals surface area contributed by atoms with E-state index in [0.29, 0.717) is 23.1 Å². The predicted octanol–water partition coefficient (Wildman–Crippen LogP) is 6.34. The molecule has 0 unspecified atom stereocenters. The number of carbonyl (C=O) groups excluding carboxylic acids is 1. The number of hydrogen-bond donors (Lipinski definition) is 0. The zero-order valence-electron chi connectivity index (χ0n) is 16.4. The topological polar surface area (TPSA) is 33.2 Å². The standard InChI is InChI=1S/C24H21ClN2OS/c1-16-7-6-10-19(13-16)14-22(28)27(15-18-8-4-3-5-9-18)24-26-23-17(2)20(25)11-12-21(23)29-24/h3-13H,14-15H2,1-2H3. The molecule has 0 spiro atoms. The molecule has 146 valence electrons. The first-order valence-electron chi connectivity index (χ1n) is 9.47. The summed E-state index contributed by atoms with van der Waals surface area (Å²) in [5, 5.41) is 1.39. The Hall–Kier alpha value is -2.69. The van der Waals surface area contributed by atoms with Crippen LogP contribution < -0.4 is 4.90 Å². The molecule has 4 rings (SSSR count). The van der Waals surface area contributed by atoms with Crippen molar-refractivity contribution < 1.29 is 4.79 Å². The highest BCUT2D eigenvalue weighted by atomic mass is 35.5. The fourth-order valence-corrected chi connectivity index (χ4v) is 4.52. The monoisotopic (exact) mass is 420 g/mol. The number of benzene rings is 3. The van der Waals surface area contributed by atoms with E-state index in [9.17, 15) is 4.79 Å². The van der Waals surface area contributed by atoms with Gasteiger partial charge in [-0.05, 0) is 42.7 Å². The van der Waals surface area contributed by atoms with Gasteiger partial charge in [-0.25, -0.2) is 4.98 Å². The lowest BCUT2D eigenvalue weighted by Crippen LogP contribution is -2.31. The molecule has 0 radical (unpaired) electrons. The highest BCUT2D eigenvalue weighted by Crippen LogP contribution is 2.34. The van der Waals surface area contributed by atoms with E-state index in [0.717, 1.165) is 32.5 Å². The summed E-state index contributed by atoms with van der Waals surface area (Å²) in [6.45, 7) is 4.48. The third-order valence-corrected chi connectivity index (χ3v) is 6.34. The van der Waals surface area contributed by atoms with Crippen LogP contribution in [0.4, 0.5) is 5.13 Å². The Balaban J connectivity index is 1.72. The molecule has 0 saturated heterocycles. The molecular weight excluding hydrogens is 400 g/mol. The molecule has 1 aromatic heterocycles. The van der Waals surface area contributed by atoms with Gasteiger partial charge in [-0.2, -0.15) is 0 Å². The molecule has 4 aromatic rings. The first-order valence-corrected chi connectivity index (χ1v) is 10.7. The summed E-state index contributed by atoms with van der Waals surface area (Å²) in [6.07, 6.45) is 0.337. The molecule has 3 aromatic carbocycles. The number of aryl methyl sites for hydroxylation is 2. The lowest BCUT2D eigenvalue weighted by Gasteiger charge is -2.20. The third kappa shape index (κ3) is 4.34. The second-order valence-corrected chi connectivity index (χ2v) is 8.56. The van der Waals surface area contributed by atoms with Crippen LogP contribution in [0.15, 0.2) is 66.7 Å². The van der Waals surface area contributed by atoms with Crippen molar-refractivity contribution in [2.45, 2.75) is 26.8 Å². The molecule has 0 saturated carbocycles. The highest BCUT2D eigenvalue weighted by molar-refractivity contribution is 7.22. The number of fused-ring (bicyclic) bond motifs is 1. The van der Waals surface area contributed by atoms with Crippen molar-refractivity contribution in [3.63, 3.8) is 0 Å². The largest absolute Gasteiger partial charge is 0.283 e. The molecule has 0 aliphatic carbocycles. The van der Waals surface area contributed by atoms with Crippen LogP contribution in [0, 0.1) is 13.8 Å². The first-order chi connectivity index (χ1) is 14.0. The van der Waals surface area contributed by atoms with E-state index in [1.54, 1.807) is 4.90 Å². The molecule has 0 N–H and O–H groups in total. The van der Waals surface area contributed by atoms with E-state index in [1.807, 2.05) is 74.5 Å². The number of nitrogens with zero attached hydrogens (tertiary/aromatic N) is 2. The SMILES string of the molecule is Cc1cccc(CC(=O)N(Cc2ccccc2)c2nc3c(C)c(Cl)ccc3s2)c1. The van der Waals surface area contributed by atoms with Gasteiger partial charge in [-0.3, -0.25) is 9.69 Å². The average Bonchev–Trinajstić information content (AvgIpc) is 3.14. The maximum absolute atomic E-state index is 13.3. The Morgan fingerprint density at radius 2 is 1.76 bits per heavy atom. The Bertz CT molecular complexity index is 1170. The molecule has 0 aliphatic rings. The predicted molar refractivity (Wildman–Crippen MR) is 122 cm³/mol. The fourth-order valence-electron chi connectivity index (χ4n) is 3.32. The van der Waals surface area contributed by atoms with E-state index in [4.69, 9.17) is 16.6 Å². The maximum atomic E-state index is 13.3. The summed E-state index contributed by atoms with van der Waals surface area (Å²) >= 11 is 7.80. The second-order valence-electron chi connectivity index (χ2n) is 7.15. The summed E-state index contributed by atoms with van der Waals surface area (Å²) in [6, 6.07) is 21.9. The molecule has 0 bridgehead atoms. The van der Waals surface area contributed by atoms with E-state index in [-0.39, 0.29) is 5.91 Å². The van der Waals surface area contributed by atoms with Gasteiger partial charge in [0.2, 0.25) is 5.91 Å². The summed E-state index contributed by atoms with van der Waals surface area (Å²) in [4.78, 5) is 19.9. The Morgan fingerprint density at radius 1 is 1.00 bits per heavy atom. The van der Waals surface area contributed by atoms with Crippen LogP contribution in [0.5, 0.6) is 0 Å². The molecule has 1 heterocycles. The molecular formula is C24H21ClN2OS. The van der Waals surface area contributed by atoms with Crippen LogP contribution in [0.2, 0.25) is 5.02 Å². The zero-order valence-corrected chi connectivity index (χ0v) is 17.9. The van der Waals surface area contributed by atoms with Gasteiger partial charge in [-0.1, -0.05) is 83.1 Å². The van der Waals surface area contributed by atoms with Crippen LogP contribution in [0.25, 0.3) is 10.2 Å². The summed E-state index contributed by atoms with van der Waals surface area (Å²) in [5.41, 5.74) is 5.03. The molecule has 0 aliphatic heterocycles. The second kappa shape index (κ2) is 8.36. The zero-order chi connectivity index (χ0) is 20.4. The van der Waals surface area contributed by atoms with Crippen molar-refractivity contribution in [1.29, 1.82) is 0 Å². The van der Waals surface area contributed by atoms with Gasteiger partial charge in [0.15, 0.2) is 5.13 Å². The minimum Gasteiger partial charge on any atom is -0.283 e. The Morgan fingerprint density at radius 3 is 2.52 bits per heavy atom. The summed E-state index contributed by atoms with van der Waals surface area (Å²) in [5.74, 6) is 0.0299. The van der Waals surface area contributed by atoms with Crippen LogP contribution >= 0.6 is 22.9 Å². The van der Waals surface area contributed by atoms with Crippen LogP contribution in [0.3, 0.4) is 0 Å². The number of thiazole rings is 1. The molecule has 3 nitrogen and oxygen atoms in total. The van der Waals surface area contributed by atoms with Gasteiger partial charge in [0, 0.05) is 5.02 Å². The van der Waals surface area contributed by atoms with Crippen molar-refractivity contribution in [2.75, 3.05) is 4.90 Å². The van der Waals surface area contributed by atoms with Crippen LogP contribution in [-0.4, -0.2) is 10.9 Å². The van der Waals surface area contributed by atoms with Gasteiger partial charge >= 0.3 is 0 Å². The lowest BCUT2D eigenvalue weighted by molar-refractivity contribution is -0.118. The van der Waals surface area contributed by atoms with E-state index in [1.165, 1.54) is 11.3 Å². The Labute approximate surface area is 179 Å². The van der Waals surface area contributed by atoms with E-state index < -0.39 is 0 Å². The lowest BCUT2D eigenvalue weighted by atomic mass is 10.1. The molecule has 29 heavy (non-hydrogen) atoms. The number of amides is 1. The van der Waals surface area contributed by atoms with Gasteiger partial charge < -0.3 is 0 Å². The normalized spacial score (nSPS) is 11.0. The number of anilines is 1. The molecule has 5 heteroatoms. The summed E-state index contributed by atoms with van der Waals surface area (Å²) in [7, 11) is 0. The molecule has 0 atom stereocenters. The minimum atomic E-state index is 0.0299.